The number of rotatable bonds is 8. The van der Waals surface area contributed by atoms with Gasteiger partial charge < -0.3 is 0 Å². The van der Waals surface area contributed by atoms with Gasteiger partial charge >= 0.3 is 0 Å². The third-order valence-corrected chi connectivity index (χ3v) is 7.97. The van der Waals surface area contributed by atoms with Crippen molar-refractivity contribution < 1.29 is 0 Å². The lowest BCUT2D eigenvalue weighted by molar-refractivity contribution is 1.04. The zero-order valence-corrected chi connectivity index (χ0v) is 27.0. The summed E-state index contributed by atoms with van der Waals surface area (Å²) < 4.78 is 0. The molecule has 0 fully saturated rings. The van der Waals surface area contributed by atoms with Crippen molar-refractivity contribution in [3.63, 3.8) is 0 Å². The SMILES string of the molecule is Cc1ccc(-c2nc(-c3cccnc3)nc(-c3ccc(Cc4ccc(-c5nc(-c6ccccn6)nc(-c6ccccn6)n5)cc4)nc3)n2)cc1. The number of hydrogen-bond acceptors (Lipinski definition) is 10. The van der Waals surface area contributed by atoms with Crippen LogP contribution in [0, 0.1) is 6.92 Å². The molecule has 0 radical (unpaired) electrons. The molecular weight excluding hydrogens is 621 g/mol. The van der Waals surface area contributed by atoms with Gasteiger partial charge in [0.15, 0.2) is 34.9 Å². The Hall–Kier alpha value is -6.94. The number of pyridine rings is 4. The van der Waals surface area contributed by atoms with Crippen molar-refractivity contribution in [3.8, 4) is 68.6 Å². The molecule has 0 bridgehead atoms. The molecule has 10 heteroatoms. The second-order valence-electron chi connectivity index (χ2n) is 11.6. The summed E-state index contributed by atoms with van der Waals surface area (Å²) >= 11 is 0. The van der Waals surface area contributed by atoms with Crippen molar-refractivity contribution in [2.75, 3.05) is 0 Å². The van der Waals surface area contributed by atoms with E-state index < -0.39 is 0 Å². The Morgan fingerprint density at radius 3 is 1.44 bits per heavy atom. The lowest BCUT2D eigenvalue weighted by Gasteiger charge is -2.09. The van der Waals surface area contributed by atoms with Crippen LogP contribution in [-0.2, 0) is 6.42 Å². The Kier molecular flexibility index (Phi) is 8.30. The molecule has 0 unspecified atom stereocenters. The van der Waals surface area contributed by atoms with Gasteiger partial charge in [0.25, 0.3) is 0 Å². The highest BCUT2D eigenvalue weighted by Gasteiger charge is 2.15. The van der Waals surface area contributed by atoms with Crippen LogP contribution in [0.25, 0.3) is 68.6 Å². The molecule has 6 heterocycles. The Labute approximate surface area is 288 Å². The van der Waals surface area contributed by atoms with Gasteiger partial charge in [0.05, 0.1) is 0 Å². The van der Waals surface area contributed by atoms with Crippen LogP contribution in [-0.4, -0.2) is 49.8 Å². The van der Waals surface area contributed by atoms with E-state index in [4.69, 9.17) is 29.9 Å². The minimum Gasteiger partial charge on any atom is -0.264 e. The first kappa shape index (κ1) is 30.4. The molecule has 0 spiro atoms. The van der Waals surface area contributed by atoms with Gasteiger partial charge in [-0.15, -0.1) is 0 Å². The molecule has 238 valence electrons. The Morgan fingerprint density at radius 2 is 0.920 bits per heavy atom. The predicted octanol–water partition coefficient (Wildman–Crippen LogP) is 7.54. The standard InChI is InChI=1S/C40H28N10/c1-26-10-14-28(15-11-26)35-45-37(30-7-6-20-41-24-30)47-38(46-35)31-18-19-32(44-25-31)23-27-12-16-29(17-13-27)36-48-39(33-8-2-4-21-42-33)50-40(49-36)34-9-3-5-22-43-34/h2-22,24-25H,23H2,1H3. The van der Waals surface area contributed by atoms with E-state index in [-0.39, 0.29) is 0 Å². The fourth-order valence-corrected chi connectivity index (χ4v) is 5.33. The maximum atomic E-state index is 4.83. The molecule has 0 aliphatic heterocycles. The first-order chi connectivity index (χ1) is 24.6. The number of benzene rings is 2. The molecule has 8 aromatic rings. The van der Waals surface area contributed by atoms with E-state index in [1.807, 2.05) is 91.1 Å². The van der Waals surface area contributed by atoms with E-state index in [1.54, 1.807) is 24.8 Å². The van der Waals surface area contributed by atoms with Gasteiger partial charge in [-0.05, 0) is 61.0 Å². The highest BCUT2D eigenvalue weighted by molar-refractivity contribution is 5.66. The van der Waals surface area contributed by atoms with Crippen LogP contribution in [0.5, 0.6) is 0 Å². The lowest BCUT2D eigenvalue weighted by atomic mass is 10.1. The van der Waals surface area contributed by atoms with E-state index >= 15 is 0 Å². The van der Waals surface area contributed by atoms with Crippen molar-refractivity contribution in [1.29, 1.82) is 0 Å². The van der Waals surface area contributed by atoms with Crippen LogP contribution >= 0.6 is 0 Å². The molecule has 0 saturated heterocycles. The Bertz CT molecular complexity index is 2310. The molecule has 6 aromatic heterocycles. The third kappa shape index (κ3) is 6.71. The molecule has 8 rings (SSSR count). The van der Waals surface area contributed by atoms with Crippen molar-refractivity contribution in [1.82, 2.24) is 49.8 Å². The lowest BCUT2D eigenvalue weighted by Crippen LogP contribution is -2.02. The highest BCUT2D eigenvalue weighted by atomic mass is 15.1. The Balaban J connectivity index is 1.06. The summed E-state index contributed by atoms with van der Waals surface area (Å²) in [6, 6.07) is 35.4. The minimum atomic E-state index is 0.487. The minimum absolute atomic E-state index is 0.487. The summed E-state index contributed by atoms with van der Waals surface area (Å²) in [6.07, 6.45) is 9.39. The van der Waals surface area contributed by atoms with E-state index in [9.17, 15) is 0 Å². The van der Waals surface area contributed by atoms with Crippen molar-refractivity contribution in [2.24, 2.45) is 0 Å². The van der Waals surface area contributed by atoms with Gasteiger partial charge in [-0.3, -0.25) is 19.9 Å². The average molecular weight is 649 g/mol. The first-order valence-corrected chi connectivity index (χ1v) is 16.0. The van der Waals surface area contributed by atoms with Crippen molar-refractivity contribution in [2.45, 2.75) is 13.3 Å². The quantitative estimate of drug-likeness (QED) is 0.163. The summed E-state index contributed by atoms with van der Waals surface area (Å²) in [7, 11) is 0. The van der Waals surface area contributed by atoms with Crippen molar-refractivity contribution >= 4 is 0 Å². The zero-order valence-electron chi connectivity index (χ0n) is 27.0. The van der Waals surface area contributed by atoms with Crippen molar-refractivity contribution in [3.05, 3.63) is 157 Å². The second-order valence-corrected chi connectivity index (χ2v) is 11.6. The number of hydrogen-bond donors (Lipinski definition) is 0. The fourth-order valence-electron chi connectivity index (χ4n) is 5.33. The monoisotopic (exact) mass is 648 g/mol. The van der Waals surface area contributed by atoms with E-state index in [1.165, 1.54) is 5.56 Å². The average Bonchev–Trinajstić information content (AvgIpc) is 3.19. The van der Waals surface area contributed by atoms with Crippen LogP contribution in [0.2, 0.25) is 0 Å². The summed E-state index contributed by atoms with van der Waals surface area (Å²) in [5.41, 5.74) is 7.89. The number of aromatic nitrogens is 10. The van der Waals surface area contributed by atoms with E-state index in [2.05, 4.69) is 51.1 Å². The van der Waals surface area contributed by atoms with Gasteiger partial charge in [0.2, 0.25) is 0 Å². The van der Waals surface area contributed by atoms with E-state index in [0.29, 0.717) is 52.8 Å². The molecule has 0 amide bonds. The predicted molar refractivity (Wildman–Crippen MR) is 191 cm³/mol. The fraction of sp³-hybridized carbons (Fsp3) is 0.0500. The van der Waals surface area contributed by atoms with Crippen LogP contribution in [0.1, 0.15) is 16.8 Å². The van der Waals surface area contributed by atoms with Gasteiger partial charge in [-0.1, -0.05) is 66.2 Å². The third-order valence-electron chi connectivity index (χ3n) is 7.97. The van der Waals surface area contributed by atoms with Crippen LogP contribution in [0.4, 0.5) is 0 Å². The molecular formula is C40H28N10. The second kappa shape index (κ2) is 13.7. The zero-order chi connectivity index (χ0) is 33.7. The highest BCUT2D eigenvalue weighted by Crippen LogP contribution is 2.26. The first-order valence-electron chi connectivity index (χ1n) is 16.0. The molecule has 0 saturated carbocycles. The number of nitrogens with zero attached hydrogens (tertiary/aromatic N) is 10. The molecule has 50 heavy (non-hydrogen) atoms. The molecule has 2 aromatic carbocycles. The smallest absolute Gasteiger partial charge is 0.182 e. The molecule has 10 nitrogen and oxygen atoms in total. The van der Waals surface area contributed by atoms with E-state index in [0.717, 1.165) is 33.5 Å². The summed E-state index contributed by atoms with van der Waals surface area (Å²) in [5, 5.41) is 0. The summed E-state index contributed by atoms with van der Waals surface area (Å²) in [6.45, 7) is 2.06. The summed E-state index contributed by atoms with van der Waals surface area (Å²) in [4.78, 5) is 46.5. The molecule has 0 aliphatic rings. The molecule has 0 N–H and O–H groups in total. The maximum absolute atomic E-state index is 4.83. The Morgan fingerprint density at radius 1 is 0.400 bits per heavy atom. The number of aryl methyl sites for hydroxylation is 1. The van der Waals surface area contributed by atoms with Gasteiger partial charge in [-0.25, -0.2) is 29.9 Å². The van der Waals surface area contributed by atoms with Crippen LogP contribution in [0.15, 0.2) is 140 Å². The topological polar surface area (TPSA) is 129 Å². The molecule has 0 atom stereocenters. The normalized spacial score (nSPS) is 11.0. The maximum Gasteiger partial charge on any atom is 0.182 e. The van der Waals surface area contributed by atoms with Gasteiger partial charge in [0.1, 0.15) is 11.4 Å². The van der Waals surface area contributed by atoms with Crippen LogP contribution < -0.4 is 0 Å². The summed E-state index contributed by atoms with van der Waals surface area (Å²) in [5.74, 6) is 3.21. The van der Waals surface area contributed by atoms with Crippen LogP contribution in [0.3, 0.4) is 0 Å². The molecule has 0 aliphatic carbocycles. The van der Waals surface area contributed by atoms with Gasteiger partial charge in [0, 0.05) is 65.4 Å². The van der Waals surface area contributed by atoms with Gasteiger partial charge in [-0.2, -0.15) is 0 Å². The largest absolute Gasteiger partial charge is 0.264 e.